The van der Waals surface area contributed by atoms with E-state index in [0.29, 0.717) is 0 Å². The smallest absolute Gasteiger partial charge is 0.0313 e. The molecule has 16 heavy (non-hydrogen) atoms. The van der Waals surface area contributed by atoms with Crippen LogP contribution in [0.2, 0.25) is 0 Å². The summed E-state index contributed by atoms with van der Waals surface area (Å²) < 4.78 is 0. The van der Waals surface area contributed by atoms with Gasteiger partial charge in [0.2, 0.25) is 0 Å². The van der Waals surface area contributed by atoms with Crippen molar-refractivity contribution in [3.63, 3.8) is 0 Å². The van der Waals surface area contributed by atoms with E-state index in [1.807, 2.05) is 12.4 Å². The summed E-state index contributed by atoms with van der Waals surface area (Å²) in [7, 11) is 0. The molecule has 0 N–H and O–H groups in total. The first-order valence-electron chi connectivity index (χ1n) is 6.22. The highest BCUT2D eigenvalue weighted by Gasteiger charge is 2.16. The molecule has 0 spiro atoms. The van der Waals surface area contributed by atoms with Gasteiger partial charge in [-0.25, -0.2) is 0 Å². The molecule has 1 aromatic rings. The Morgan fingerprint density at radius 1 is 1.19 bits per heavy atom. The van der Waals surface area contributed by atoms with E-state index in [2.05, 4.69) is 36.7 Å². The van der Waals surface area contributed by atoms with Crippen molar-refractivity contribution >= 4 is 0 Å². The van der Waals surface area contributed by atoms with Crippen molar-refractivity contribution < 1.29 is 0 Å². The van der Waals surface area contributed by atoms with Crippen molar-refractivity contribution in [3.8, 4) is 0 Å². The molecule has 1 saturated heterocycles. The number of hydrogen-bond acceptors (Lipinski definition) is 2. The van der Waals surface area contributed by atoms with Crippen molar-refractivity contribution in [2.45, 2.75) is 45.6 Å². The van der Waals surface area contributed by atoms with E-state index >= 15 is 0 Å². The van der Waals surface area contributed by atoms with Crippen molar-refractivity contribution in [3.05, 3.63) is 29.6 Å². The van der Waals surface area contributed by atoms with Crippen molar-refractivity contribution in [2.24, 2.45) is 0 Å². The molecule has 0 aliphatic carbocycles. The quantitative estimate of drug-likeness (QED) is 0.758. The van der Waals surface area contributed by atoms with Crippen molar-refractivity contribution in [1.82, 2.24) is 9.88 Å². The normalized spacial score (nSPS) is 17.9. The molecule has 0 saturated carbocycles. The van der Waals surface area contributed by atoms with Crippen LogP contribution in [0.3, 0.4) is 0 Å². The number of nitrogens with zero attached hydrogens (tertiary/aromatic N) is 2. The second kappa shape index (κ2) is 4.54. The van der Waals surface area contributed by atoms with E-state index < -0.39 is 0 Å². The molecular formula is C14H22N2. The van der Waals surface area contributed by atoms with Gasteiger partial charge in [-0.15, -0.1) is 0 Å². The molecule has 2 heterocycles. The fraction of sp³-hybridized carbons (Fsp3) is 0.643. The lowest BCUT2D eigenvalue weighted by Crippen LogP contribution is -2.19. The number of aromatic nitrogens is 1. The maximum Gasteiger partial charge on any atom is 0.0313 e. The van der Waals surface area contributed by atoms with Gasteiger partial charge in [0.25, 0.3) is 0 Å². The topological polar surface area (TPSA) is 16.1 Å². The molecule has 1 aromatic heterocycles. The minimum absolute atomic E-state index is 0.202. The molecule has 2 nitrogen and oxygen atoms in total. The van der Waals surface area contributed by atoms with E-state index in [1.54, 1.807) is 0 Å². The molecule has 1 aliphatic rings. The lowest BCUT2D eigenvalue weighted by atomic mass is 9.87. The third kappa shape index (κ3) is 2.82. The number of rotatable bonds is 2. The van der Waals surface area contributed by atoms with Gasteiger partial charge in [0, 0.05) is 18.9 Å². The molecule has 0 aromatic carbocycles. The highest BCUT2D eigenvalue weighted by Crippen LogP contribution is 2.22. The number of likely N-dealkylation sites (tertiary alicyclic amines) is 1. The molecule has 1 aliphatic heterocycles. The largest absolute Gasteiger partial charge is 0.299 e. The fourth-order valence-corrected chi connectivity index (χ4v) is 2.18. The average Bonchev–Trinajstić information content (AvgIpc) is 2.70. The second-order valence-corrected chi connectivity index (χ2v) is 5.82. The zero-order chi connectivity index (χ0) is 11.6. The van der Waals surface area contributed by atoms with Crippen LogP contribution in [-0.4, -0.2) is 23.0 Å². The van der Waals surface area contributed by atoms with Crippen LogP contribution in [0.1, 0.15) is 44.7 Å². The first-order valence-corrected chi connectivity index (χ1v) is 6.22. The Hall–Kier alpha value is -0.890. The summed E-state index contributed by atoms with van der Waals surface area (Å²) in [4.78, 5) is 6.88. The Morgan fingerprint density at radius 2 is 1.88 bits per heavy atom. The van der Waals surface area contributed by atoms with Crippen LogP contribution in [0, 0.1) is 0 Å². The summed E-state index contributed by atoms with van der Waals surface area (Å²) in [6.45, 7) is 10.3. The summed E-state index contributed by atoms with van der Waals surface area (Å²) in [6, 6.07) is 2.31. The van der Waals surface area contributed by atoms with E-state index in [4.69, 9.17) is 0 Å². The standard InChI is InChI=1S/C14H22N2/c1-14(2,3)13-8-12(9-15-10-13)11-16-6-4-5-7-16/h8-10H,4-7,11H2,1-3H3. The van der Waals surface area contributed by atoms with Gasteiger partial charge in [-0.05, 0) is 42.5 Å². The van der Waals surface area contributed by atoms with Gasteiger partial charge in [-0.2, -0.15) is 0 Å². The first kappa shape index (κ1) is 11.6. The molecule has 0 atom stereocenters. The van der Waals surface area contributed by atoms with E-state index in [1.165, 1.54) is 37.1 Å². The van der Waals surface area contributed by atoms with Crippen molar-refractivity contribution in [1.29, 1.82) is 0 Å². The summed E-state index contributed by atoms with van der Waals surface area (Å²) in [5, 5.41) is 0. The molecule has 0 bridgehead atoms. The van der Waals surface area contributed by atoms with Crippen LogP contribution in [-0.2, 0) is 12.0 Å². The lowest BCUT2D eigenvalue weighted by molar-refractivity contribution is 0.330. The predicted molar refractivity (Wildman–Crippen MR) is 67.4 cm³/mol. The molecule has 1 fully saturated rings. The average molecular weight is 218 g/mol. The van der Waals surface area contributed by atoms with Gasteiger partial charge < -0.3 is 0 Å². The monoisotopic (exact) mass is 218 g/mol. The SMILES string of the molecule is CC(C)(C)c1cncc(CN2CCCC2)c1. The van der Waals surface area contributed by atoms with Crippen LogP contribution in [0.4, 0.5) is 0 Å². The zero-order valence-corrected chi connectivity index (χ0v) is 10.7. The summed E-state index contributed by atoms with van der Waals surface area (Å²) in [6.07, 6.45) is 6.71. The van der Waals surface area contributed by atoms with Crippen molar-refractivity contribution in [2.75, 3.05) is 13.1 Å². The van der Waals surface area contributed by atoms with Crippen LogP contribution >= 0.6 is 0 Å². The van der Waals surface area contributed by atoms with Gasteiger partial charge in [-0.1, -0.05) is 26.8 Å². The van der Waals surface area contributed by atoms with Crippen LogP contribution in [0.25, 0.3) is 0 Å². The maximum absolute atomic E-state index is 4.37. The summed E-state index contributed by atoms with van der Waals surface area (Å²) in [5.74, 6) is 0. The van der Waals surface area contributed by atoms with Gasteiger partial charge in [-0.3, -0.25) is 9.88 Å². The Labute approximate surface area is 98.7 Å². The Bertz CT molecular complexity index is 346. The zero-order valence-electron chi connectivity index (χ0n) is 10.7. The third-order valence-corrected chi connectivity index (χ3v) is 3.27. The predicted octanol–water partition coefficient (Wildman–Crippen LogP) is 2.97. The minimum Gasteiger partial charge on any atom is -0.299 e. The van der Waals surface area contributed by atoms with E-state index in [0.717, 1.165) is 6.54 Å². The number of hydrogen-bond donors (Lipinski definition) is 0. The van der Waals surface area contributed by atoms with E-state index in [9.17, 15) is 0 Å². The highest BCUT2D eigenvalue weighted by molar-refractivity contribution is 5.24. The molecule has 2 heteroatoms. The van der Waals surface area contributed by atoms with Crippen LogP contribution in [0.15, 0.2) is 18.5 Å². The molecule has 2 rings (SSSR count). The van der Waals surface area contributed by atoms with E-state index in [-0.39, 0.29) is 5.41 Å². The highest BCUT2D eigenvalue weighted by atomic mass is 15.1. The Kier molecular flexibility index (Phi) is 3.29. The summed E-state index contributed by atoms with van der Waals surface area (Å²) in [5.41, 5.74) is 2.90. The van der Waals surface area contributed by atoms with Gasteiger partial charge in [0.05, 0.1) is 0 Å². The molecule has 0 amide bonds. The minimum atomic E-state index is 0.202. The summed E-state index contributed by atoms with van der Waals surface area (Å²) >= 11 is 0. The number of pyridine rings is 1. The Balaban J connectivity index is 2.09. The lowest BCUT2D eigenvalue weighted by Gasteiger charge is -2.20. The Morgan fingerprint density at radius 3 is 2.50 bits per heavy atom. The molecule has 88 valence electrons. The van der Waals surface area contributed by atoms with Gasteiger partial charge in [0.1, 0.15) is 0 Å². The molecule has 0 radical (unpaired) electrons. The van der Waals surface area contributed by atoms with Gasteiger partial charge in [0.15, 0.2) is 0 Å². The maximum atomic E-state index is 4.37. The molecule has 0 unspecified atom stereocenters. The van der Waals surface area contributed by atoms with Gasteiger partial charge >= 0.3 is 0 Å². The van der Waals surface area contributed by atoms with Crippen LogP contribution in [0.5, 0.6) is 0 Å². The second-order valence-electron chi connectivity index (χ2n) is 5.82. The van der Waals surface area contributed by atoms with Crippen LogP contribution < -0.4 is 0 Å². The first-order chi connectivity index (χ1) is 7.55. The molecular weight excluding hydrogens is 196 g/mol. The third-order valence-electron chi connectivity index (χ3n) is 3.27. The fourth-order valence-electron chi connectivity index (χ4n) is 2.18.